The highest BCUT2D eigenvalue weighted by atomic mass is 19.4. The molecule has 0 heterocycles. The lowest BCUT2D eigenvalue weighted by atomic mass is 10.2. The van der Waals surface area contributed by atoms with Gasteiger partial charge in [-0.1, -0.05) is 6.92 Å². The Morgan fingerprint density at radius 1 is 1.50 bits per heavy atom. The predicted molar refractivity (Wildman–Crippen MR) is 54.3 cm³/mol. The summed E-state index contributed by atoms with van der Waals surface area (Å²) in [6.07, 6.45) is -3.68. The van der Waals surface area contributed by atoms with Gasteiger partial charge in [-0.3, -0.25) is 15.1 Å². The topological polar surface area (TPSA) is 58.4 Å². The van der Waals surface area contributed by atoms with Crippen LogP contribution in [0.5, 0.6) is 0 Å². The van der Waals surface area contributed by atoms with E-state index < -0.39 is 24.7 Å². The van der Waals surface area contributed by atoms with Crippen LogP contribution < -0.4 is 11.3 Å². The van der Waals surface area contributed by atoms with Gasteiger partial charge in [0.25, 0.3) is 0 Å². The monoisotopic (exact) mass is 241 g/mol. The van der Waals surface area contributed by atoms with Gasteiger partial charge < -0.3 is 0 Å². The molecule has 0 aliphatic carbocycles. The zero-order valence-electron chi connectivity index (χ0n) is 9.47. The average Bonchev–Trinajstić information content (AvgIpc) is 2.14. The van der Waals surface area contributed by atoms with Crippen LogP contribution in [-0.2, 0) is 4.79 Å². The summed E-state index contributed by atoms with van der Waals surface area (Å²) in [5.74, 6) is 4.42. The summed E-state index contributed by atoms with van der Waals surface area (Å²) in [6.45, 7) is 2.67. The Bertz CT molecular complexity index is 221. The Labute approximate surface area is 92.9 Å². The maximum atomic E-state index is 12.2. The van der Waals surface area contributed by atoms with Gasteiger partial charge in [0.15, 0.2) is 0 Å². The molecule has 0 aromatic heterocycles. The normalized spacial score (nSPS) is 13.9. The van der Waals surface area contributed by atoms with Crippen LogP contribution >= 0.6 is 0 Å². The molecule has 0 aromatic carbocycles. The molecule has 0 rings (SSSR count). The fourth-order valence-electron chi connectivity index (χ4n) is 1.43. The average molecular weight is 241 g/mol. The number of nitrogens with two attached hydrogens (primary N) is 1. The summed E-state index contributed by atoms with van der Waals surface area (Å²) in [4.78, 5) is 12.2. The van der Waals surface area contributed by atoms with Crippen molar-refractivity contribution >= 4 is 5.91 Å². The third kappa shape index (κ3) is 6.62. The highest BCUT2D eigenvalue weighted by Crippen LogP contribution is 2.19. The Hall–Kier alpha value is -0.820. The molecule has 0 bridgehead atoms. The molecule has 1 amide bonds. The van der Waals surface area contributed by atoms with E-state index >= 15 is 0 Å². The SMILES string of the molecule is CCCN(CC(F)(F)F)C(C)CC(=O)NN. The zero-order valence-corrected chi connectivity index (χ0v) is 9.47. The predicted octanol–water partition coefficient (Wildman–Crippen LogP) is 1.03. The Balaban J connectivity index is 4.34. The van der Waals surface area contributed by atoms with Crippen molar-refractivity contribution in [3.05, 3.63) is 0 Å². The molecule has 96 valence electrons. The Morgan fingerprint density at radius 3 is 2.44 bits per heavy atom. The van der Waals surface area contributed by atoms with Crippen molar-refractivity contribution in [2.24, 2.45) is 5.84 Å². The van der Waals surface area contributed by atoms with Crippen molar-refractivity contribution in [1.29, 1.82) is 0 Å². The molecular weight excluding hydrogens is 223 g/mol. The fraction of sp³-hybridized carbons (Fsp3) is 0.889. The molecule has 1 atom stereocenters. The third-order valence-corrected chi connectivity index (χ3v) is 2.16. The number of carbonyl (C=O) groups is 1. The van der Waals surface area contributed by atoms with E-state index in [4.69, 9.17) is 5.84 Å². The van der Waals surface area contributed by atoms with Gasteiger partial charge in [-0.05, 0) is 19.9 Å². The summed E-state index contributed by atoms with van der Waals surface area (Å²) in [5.41, 5.74) is 1.91. The second-order valence-electron chi connectivity index (χ2n) is 3.71. The summed E-state index contributed by atoms with van der Waals surface area (Å²) < 4.78 is 36.7. The highest BCUT2D eigenvalue weighted by molar-refractivity contribution is 5.75. The number of amides is 1. The smallest absolute Gasteiger partial charge is 0.294 e. The van der Waals surface area contributed by atoms with Crippen LogP contribution in [0.2, 0.25) is 0 Å². The van der Waals surface area contributed by atoms with Gasteiger partial charge in [0.2, 0.25) is 5.91 Å². The summed E-state index contributed by atoms with van der Waals surface area (Å²) in [7, 11) is 0. The van der Waals surface area contributed by atoms with Gasteiger partial charge in [0, 0.05) is 12.5 Å². The second-order valence-corrected chi connectivity index (χ2v) is 3.71. The molecule has 0 fully saturated rings. The van der Waals surface area contributed by atoms with Crippen molar-refractivity contribution in [3.63, 3.8) is 0 Å². The van der Waals surface area contributed by atoms with Crippen molar-refractivity contribution in [1.82, 2.24) is 10.3 Å². The van der Waals surface area contributed by atoms with Crippen LogP contribution in [0.1, 0.15) is 26.7 Å². The van der Waals surface area contributed by atoms with Crippen LogP contribution in [-0.4, -0.2) is 36.1 Å². The number of hydrogen-bond acceptors (Lipinski definition) is 3. The highest BCUT2D eigenvalue weighted by Gasteiger charge is 2.32. The first-order chi connectivity index (χ1) is 7.30. The van der Waals surface area contributed by atoms with E-state index in [2.05, 4.69) is 0 Å². The van der Waals surface area contributed by atoms with E-state index in [-0.39, 0.29) is 6.42 Å². The number of halogens is 3. The quantitative estimate of drug-likeness (QED) is 0.415. The molecule has 0 aliphatic heterocycles. The second kappa shape index (κ2) is 6.70. The molecule has 1 unspecified atom stereocenters. The zero-order chi connectivity index (χ0) is 12.8. The molecule has 0 aliphatic rings. The van der Waals surface area contributed by atoms with Crippen molar-refractivity contribution in [2.75, 3.05) is 13.1 Å². The first kappa shape index (κ1) is 15.2. The van der Waals surface area contributed by atoms with Crippen molar-refractivity contribution in [2.45, 2.75) is 38.9 Å². The third-order valence-electron chi connectivity index (χ3n) is 2.16. The molecule has 4 nitrogen and oxygen atoms in total. The van der Waals surface area contributed by atoms with Crippen molar-refractivity contribution in [3.8, 4) is 0 Å². The molecule has 0 spiro atoms. The maximum absolute atomic E-state index is 12.2. The molecule has 0 saturated carbocycles. The fourth-order valence-corrected chi connectivity index (χ4v) is 1.43. The number of hydrogen-bond donors (Lipinski definition) is 2. The molecule has 0 radical (unpaired) electrons. The molecule has 7 heteroatoms. The molecule has 0 saturated heterocycles. The van der Waals surface area contributed by atoms with E-state index in [1.54, 1.807) is 13.8 Å². The number of alkyl halides is 3. The lowest BCUT2D eigenvalue weighted by Crippen LogP contribution is -2.44. The molecule has 0 aromatic rings. The van der Waals surface area contributed by atoms with Crippen molar-refractivity contribution < 1.29 is 18.0 Å². The molecule has 16 heavy (non-hydrogen) atoms. The van der Waals surface area contributed by atoms with Gasteiger partial charge in [-0.2, -0.15) is 13.2 Å². The largest absolute Gasteiger partial charge is 0.401 e. The number of carbonyl (C=O) groups excluding carboxylic acids is 1. The lowest BCUT2D eigenvalue weighted by Gasteiger charge is -2.28. The van der Waals surface area contributed by atoms with Gasteiger partial charge in [-0.15, -0.1) is 0 Å². The van der Waals surface area contributed by atoms with Crippen LogP contribution in [0.4, 0.5) is 13.2 Å². The van der Waals surface area contributed by atoms with E-state index in [0.717, 1.165) is 0 Å². The van der Waals surface area contributed by atoms with Crippen LogP contribution in [0.15, 0.2) is 0 Å². The van der Waals surface area contributed by atoms with Gasteiger partial charge in [-0.25, -0.2) is 5.84 Å². The lowest BCUT2D eigenvalue weighted by molar-refractivity contribution is -0.152. The molecule has 3 N–H and O–H groups in total. The summed E-state index contributed by atoms with van der Waals surface area (Å²) in [5, 5.41) is 0. The molecular formula is C9H18F3N3O. The standard InChI is InChI=1S/C9H18F3N3O/c1-3-4-15(6-9(10,11)12)7(2)5-8(16)14-13/h7H,3-6,13H2,1-2H3,(H,14,16). The van der Waals surface area contributed by atoms with Crippen LogP contribution in [0.25, 0.3) is 0 Å². The minimum absolute atomic E-state index is 0.0351. The van der Waals surface area contributed by atoms with E-state index in [1.165, 1.54) is 4.90 Å². The van der Waals surface area contributed by atoms with E-state index in [0.29, 0.717) is 13.0 Å². The van der Waals surface area contributed by atoms with Crippen LogP contribution in [0, 0.1) is 0 Å². The number of hydrazine groups is 1. The summed E-state index contributed by atoms with van der Waals surface area (Å²) in [6, 6.07) is -0.481. The Morgan fingerprint density at radius 2 is 2.06 bits per heavy atom. The first-order valence-electron chi connectivity index (χ1n) is 5.10. The maximum Gasteiger partial charge on any atom is 0.401 e. The Kier molecular flexibility index (Phi) is 6.35. The number of nitrogens with one attached hydrogen (secondary N) is 1. The van der Waals surface area contributed by atoms with Gasteiger partial charge >= 0.3 is 6.18 Å². The van der Waals surface area contributed by atoms with E-state index in [9.17, 15) is 18.0 Å². The van der Waals surface area contributed by atoms with Gasteiger partial charge in [0.05, 0.1) is 6.54 Å². The number of nitrogens with zero attached hydrogens (tertiary/aromatic N) is 1. The van der Waals surface area contributed by atoms with Crippen LogP contribution in [0.3, 0.4) is 0 Å². The van der Waals surface area contributed by atoms with E-state index in [1.807, 2.05) is 5.43 Å². The minimum Gasteiger partial charge on any atom is -0.294 e. The summed E-state index contributed by atoms with van der Waals surface area (Å²) >= 11 is 0. The first-order valence-corrected chi connectivity index (χ1v) is 5.10. The van der Waals surface area contributed by atoms with Gasteiger partial charge in [0.1, 0.15) is 0 Å². The number of rotatable bonds is 6. The minimum atomic E-state index is -4.25.